The number of imidazole rings is 1. The van der Waals surface area contributed by atoms with Crippen LogP contribution in [-0.2, 0) is 21.9 Å². The van der Waals surface area contributed by atoms with Gasteiger partial charge in [0, 0.05) is 13.1 Å². The zero-order valence-electron chi connectivity index (χ0n) is 18.0. The third kappa shape index (κ3) is 3.89. The average Bonchev–Trinajstić information content (AvgIpc) is 3.00. The van der Waals surface area contributed by atoms with Gasteiger partial charge in [0.15, 0.2) is 5.16 Å². The number of sulfonamides is 1. The lowest BCUT2D eigenvalue weighted by atomic mass is 9.48. The summed E-state index contributed by atoms with van der Waals surface area (Å²) in [5.41, 5.74) is 1.65. The van der Waals surface area contributed by atoms with E-state index < -0.39 is 10.0 Å². The lowest BCUT2D eigenvalue weighted by Gasteiger charge is -2.59. The molecule has 2 aromatic rings. The van der Waals surface area contributed by atoms with Gasteiger partial charge in [0.05, 0.1) is 21.7 Å². The first-order chi connectivity index (χ1) is 14.6. The largest absolute Gasteiger partial charge is 0.352 e. The summed E-state index contributed by atoms with van der Waals surface area (Å²) in [4.78, 5) is 17.3. The molecule has 4 fully saturated rings. The van der Waals surface area contributed by atoms with E-state index in [1.807, 2.05) is 11.6 Å². The highest BCUT2D eigenvalue weighted by atomic mass is 32.2. The Hall–Kier alpha value is -1.58. The lowest BCUT2D eigenvalue weighted by Crippen LogP contribution is -2.56. The minimum atomic E-state index is -3.78. The van der Waals surface area contributed by atoms with Crippen LogP contribution in [0.15, 0.2) is 28.3 Å². The number of nitrogens with one attached hydrogen (secondary N) is 1. The van der Waals surface area contributed by atoms with E-state index in [1.54, 1.807) is 6.07 Å². The fourth-order valence-electron chi connectivity index (χ4n) is 6.74. The second-order valence-corrected chi connectivity index (χ2v) is 12.5. The maximum atomic E-state index is 12.8. The number of carbonyl (C=O) groups is 1. The first kappa shape index (κ1) is 21.3. The second-order valence-electron chi connectivity index (χ2n) is 10.0. The van der Waals surface area contributed by atoms with E-state index in [0.717, 1.165) is 23.3 Å². The molecule has 168 valence electrons. The fraction of sp³-hybridized carbons (Fsp3) is 0.636. The fourth-order valence-corrected chi connectivity index (χ4v) is 8.07. The molecule has 1 aromatic heterocycles. The molecule has 9 heteroatoms. The molecule has 4 aliphatic carbocycles. The third-order valence-corrected chi connectivity index (χ3v) is 9.79. The maximum Gasteiger partial charge on any atom is 0.238 e. The van der Waals surface area contributed by atoms with Gasteiger partial charge in [-0.15, -0.1) is 0 Å². The number of nitrogens with two attached hydrogens (primary N) is 1. The van der Waals surface area contributed by atoms with Crippen LogP contribution in [0.3, 0.4) is 0 Å². The molecule has 31 heavy (non-hydrogen) atoms. The van der Waals surface area contributed by atoms with Gasteiger partial charge in [0.25, 0.3) is 0 Å². The van der Waals surface area contributed by atoms with Crippen molar-refractivity contribution in [1.82, 2.24) is 14.9 Å². The summed E-state index contributed by atoms with van der Waals surface area (Å²) >= 11 is 1.37. The number of aromatic nitrogens is 2. The molecule has 4 aliphatic rings. The number of fused-ring (bicyclic) bond motifs is 1. The van der Waals surface area contributed by atoms with Crippen molar-refractivity contribution < 1.29 is 13.2 Å². The highest BCUT2D eigenvalue weighted by molar-refractivity contribution is 7.99. The highest BCUT2D eigenvalue weighted by Crippen LogP contribution is 2.61. The van der Waals surface area contributed by atoms with Gasteiger partial charge in [-0.25, -0.2) is 18.5 Å². The van der Waals surface area contributed by atoms with Crippen molar-refractivity contribution in [2.24, 2.45) is 35.4 Å². The maximum absolute atomic E-state index is 12.8. The van der Waals surface area contributed by atoms with Crippen molar-refractivity contribution in [3.8, 4) is 0 Å². The summed E-state index contributed by atoms with van der Waals surface area (Å²) in [6.45, 7) is 2.19. The molecule has 1 heterocycles. The number of carbonyl (C=O) groups excluding carboxylic acids is 1. The number of benzene rings is 1. The van der Waals surface area contributed by atoms with E-state index in [-0.39, 0.29) is 28.0 Å². The number of hydrogen-bond donors (Lipinski definition) is 2. The number of nitrogens with zero attached hydrogens (tertiary/aromatic N) is 2. The highest BCUT2D eigenvalue weighted by Gasteiger charge is 2.53. The van der Waals surface area contributed by atoms with Gasteiger partial charge in [0.2, 0.25) is 15.9 Å². The van der Waals surface area contributed by atoms with E-state index in [0.29, 0.717) is 10.7 Å². The Kier molecular flexibility index (Phi) is 5.14. The summed E-state index contributed by atoms with van der Waals surface area (Å²) in [5, 5.41) is 9.20. The van der Waals surface area contributed by atoms with Gasteiger partial charge in [-0.3, -0.25) is 4.79 Å². The van der Waals surface area contributed by atoms with Crippen molar-refractivity contribution in [2.45, 2.75) is 61.5 Å². The first-order valence-corrected chi connectivity index (χ1v) is 13.6. The van der Waals surface area contributed by atoms with Crippen LogP contribution in [-0.4, -0.2) is 35.7 Å². The van der Waals surface area contributed by atoms with Crippen LogP contribution >= 0.6 is 11.8 Å². The SMILES string of the molecule is C[C@H](NC(=O)CSc1nc2cc(S(N)(=O)=O)ccc2n1C)C12CC3CC(CC(C3)C1)C2. The van der Waals surface area contributed by atoms with E-state index in [4.69, 9.17) is 5.14 Å². The van der Waals surface area contributed by atoms with Gasteiger partial charge in [0.1, 0.15) is 0 Å². The van der Waals surface area contributed by atoms with Crippen molar-refractivity contribution in [1.29, 1.82) is 0 Å². The summed E-state index contributed by atoms with van der Waals surface area (Å²) < 4.78 is 25.1. The lowest BCUT2D eigenvalue weighted by molar-refractivity contribution is -0.123. The molecular weight excluding hydrogens is 432 g/mol. The minimum Gasteiger partial charge on any atom is -0.352 e. The predicted octanol–water partition coefficient (Wildman–Crippen LogP) is 3.03. The van der Waals surface area contributed by atoms with Crippen LogP contribution in [0, 0.1) is 23.2 Å². The molecule has 1 atom stereocenters. The molecule has 4 bridgehead atoms. The molecule has 0 radical (unpaired) electrons. The van der Waals surface area contributed by atoms with Crippen LogP contribution in [0.25, 0.3) is 11.0 Å². The molecule has 3 N–H and O–H groups in total. The number of amides is 1. The summed E-state index contributed by atoms with van der Waals surface area (Å²) in [6.07, 6.45) is 8.00. The van der Waals surface area contributed by atoms with Crippen LogP contribution in [0.4, 0.5) is 0 Å². The minimum absolute atomic E-state index is 0.0329. The number of aryl methyl sites for hydroxylation is 1. The van der Waals surface area contributed by atoms with Crippen LogP contribution in [0.1, 0.15) is 45.4 Å². The molecule has 7 nitrogen and oxygen atoms in total. The Bertz CT molecular complexity index is 1110. The Balaban J connectivity index is 1.24. The molecule has 4 saturated carbocycles. The quantitative estimate of drug-likeness (QED) is 0.642. The number of rotatable bonds is 6. The number of primary sulfonamides is 1. The molecule has 0 unspecified atom stereocenters. The van der Waals surface area contributed by atoms with E-state index in [9.17, 15) is 13.2 Å². The predicted molar refractivity (Wildman–Crippen MR) is 121 cm³/mol. The molecule has 6 rings (SSSR count). The standard InChI is InChI=1S/C22H30N4O3S2/c1-13(22-9-14-5-15(10-22)7-16(6-14)11-22)24-20(27)12-30-21-25-18-8-17(31(23,28)29)3-4-19(18)26(21)2/h3-4,8,13-16H,5-7,9-12H2,1-2H3,(H,24,27)(H2,23,28,29)/t13-,14?,15?,16?,22?/m0/s1. The van der Waals surface area contributed by atoms with Crippen molar-refractivity contribution in [3.63, 3.8) is 0 Å². The topological polar surface area (TPSA) is 107 Å². The Morgan fingerprint density at radius 2 is 1.87 bits per heavy atom. The Morgan fingerprint density at radius 3 is 2.45 bits per heavy atom. The molecule has 0 saturated heterocycles. The molecule has 0 spiro atoms. The van der Waals surface area contributed by atoms with Crippen LogP contribution in [0.2, 0.25) is 0 Å². The average molecular weight is 463 g/mol. The van der Waals surface area contributed by atoms with Crippen molar-refractivity contribution >= 4 is 38.7 Å². The first-order valence-electron chi connectivity index (χ1n) is 11.0. The second kappa shape index (κ2) is 7.49. The monoisotopic (exact) mass is 462 g/mol. The number of thioether (sulfide) groups is 1. The number of hydrogen-bond acceptors (Lipinski definition) is 5. The normalized spacial score (nSPS) is 30.6. The van der Waals surface area contributed by atoms with Gasteiger partial charge >= 0.3 is 0 Å². The molecule has 0 aliphatic heterocycles. The van der Waals surface area contributed by atoms with Crippen molar-refractivity contribution in [2.75, 3.05) is 5.75 Å². The molecule has 1 aromatic carbocycles. The van der Waals surface area contributed by atoms with Gasteiger partial charge in [-0.1, -0.05) is 11.8 Å². The zero-order valence-corrected chi connectivity index (χ0v) is 19.6. The summed E-state index contributed by atoms with van der Waals surface area (Å²) in [6, 6.07) is 4.85. The van der Waals surface area contributed by atoms with E-state index >= 15 is 0 Å². The smallest absolute Gasteiger partial charge is 0.238 e. The Morgan fingerprint density at radius 1 is 1.26 bits per heavy atom. The van der Waals surface area contributed by atoms with Gasteiger partial charge in [-0.05, 0) is 86.8 Å². The van der Waals surface area contributed by atoms with Crippen LogP contribution < -0.4 is 10.5 Å². The summed E-state index contributed by atoms with van der Waals surface area (Å²) in [5.74, 6) is 2.91. The molecule has 1 amide bonds. The van der Waals surface area contributed by atoms with Crippen molar-refractivity contribution in [3.05, 3.63) is 18.2 Å². The zero-order chi connectivity index (χ0) is 22.0. The third-order valence-electron chi connectivity index (χ3n) is 7.85. The van der Waals surface area contributed by atoms with Crippen LogP contribution in [0.5, 0.6) is 0 Å². The van der Waals surface area contributed by atoms with E-state index in [1.165, 1.54) is 62.4 Å². The van der Waals surface area contributed by atoms with Gasteiger partial charge in [-0.2, -0.15) is 0 Å². The Labute approximate surface area is 187 Å². The van der Waals surface area contributed by atoms with Gasteiger partial charge < -0.3 is 9.88 Å². The summed E-state index contributed by atoms with van der Waals surface area (Å²) in [7, 11) is -1.91. The molecular formula is C22H30N4O3S2. The van der Waals surface area contributed by atoms with E-state index in [2.05, 4.69) is 17.2 Å².